The topological polar surface area (TPSA) is 42.7 Å². The van der Waals surface area contributed by atoms with Crippen molar-refractivity contribution in [2.45, 2.75) is 33.9 Å². The van der Waals surface area contributed by atoms with Crippen LogP contribution in [-0.2, 0) is 13.1 Å². The minimum absolute atomic E-state index is 0.677. The zero-order chi connectivity index (χ0) is 13.0. The predicted octanol–water partition coefficient (Wildman–Crippen LogP) is 2.44. The summed E-state index contributed by atoms with van der Waals surface area (Å²) in [5, 5.41) is 10.9. The first-order valence-electron chi connectivity index (χ1n) is 6.26. The monoisotopic (exact) mass is 264 g/mol. The van der Waals surface area contributed by atoms with E-state index >= 15 is 0 Å². The van der Waals surface area contributed by atoms with E-state index in [0.29, 0.717) is 5.92 Å². The van der Waals surface area contributed by atoms with Crippen molar-refractivity contribution in [2.24, 2.45) is 5.92 Å². The van der Waals surface area contributed by atoms with E-state index in [1.165, 1.54) is 5.56 Å². The molecule has 0 saturated carbocycles. The van der Waals surface area contributed by atoms with Crippen molar-refractivity contribution in [3.63, 3.8) is 0 Å². The molecule has 0 aliphatic carbocycles. The summed E-state index contributed by atoms with van der Waals surface area (Å²) in [5.41, 5.74) is 2.27. The molecule has 0 unspecified atom stereocenters. The molecule has 18 heavy (non-hydrogen) atoms. The third-order valence-electron chi connectivity index (χ3n) is 2.51. The number of thiazole rings is 1. The standard InChI is InChI=1S/C13H20N4S/c1-10(2)4-14-6-13-16-12(9-18-13)8-17-7-11(3)5-15-17/h5,7,9-10,14H,4,6,8H2,1-3H3. The summed E-state index contributed by atoms with van der Waals surface area (Å²) >= 11 is 1.71. The first-order valence-corrected chi connectivity index (χ1v) is 7.14. The molecule has 5 heteroatoms. The maximum absolute atomic E-state index is 4.61. The van der Waals surface area contributed by atoms with Crippen LogP contribution in [0.4, 0.5) is 0 Å². The molecule has 2 rings (SSSR count). The highest BCUT2D eigenvalue weighted by atomic mass is 32.1. The van der Waals surface area contributed by atoms with Crippen LogP contribution in [0.2, 0.25) is 0 Å². The Morgan fingerprint density at radius 1 is 1.44 bits per heavy atom. The fourth-order valence-corrected chi connectivity index (χ4v) is 2.44. The Balaban J connectivity index is 1.86. The van der Waals surface area contributed by atoms with Gasteiger partial charge in [0.1, 0.15) is 5.01 Å². The van der Waals surface area contributed by atoms with Crippen molar-refractivity contribution in [1.29, 1.82) is 0 Å². The van der Waals surface area contributed by atoms with Crippen molar-refractivity contribution < 1.29 is 0 Å². The molecule has 2 heterocycles. The van der Waals surface area contributed by atoms with E-state index in [0.717, 1.165) is 30.3 Å². The summed E-state index contributed by atoms with van der Waals surface area (Å²) < 4.78 is 1.93. The van der Waals surface area contributed by atoms with E-state index in [9.17, 15) is 0 Å². The van der Waals surface area contributed by atoms with Gasteiger partial charge in [-0.3, -0.25) is 4.68 Å². The fourth-order valence-electron chi connectivity index (χ4n) is 1.69. The number of aryl methyl sites for hydroxylation is 1. The molecular formula is C13H20N4S. The minimum atomic E-state index is 0.677. The second kappa shape index (κ2) is 6.11. The second-order valence-electron chi connectivity index (χ2n) is 4.97. The van der Waals surface area contributed by atoms with E-state index in [-0.39, 0.29) is 0 Å². The van der Waals surface area contributed by atoms with Gasteiger partial charge in [0.2, 0.25) is 0 Å². The summed E-state index contributed by atoms with van der Waals surface area (Å²) in [6.07, 6.45) is 3.91. The Bertz CT molecular complexity index is 487. The lowest BCUT2D eigenvalue weighted by atomic mass is 10.2. The summed E-state index contributed by atoms with van der Waals surface area (Å²) in [5.74, 6) is 0.677. The van der Waals surface area contributed by atoms with E-state index < -0.39 is 0 Å². The Hall–Kier alpha value is -1.20. The number of hydrogen-bond acceptors (Lipinski definition) is 4. The maximum atomic E-state index is 4.61. The zero-order valence-corrected chi connectivity index (χ0v) is 12.0. The molecule has 0 spiro atoms. The Morgan fingerprint density at radius 2 is 2.28 bits per heavy atom. The predicted molar refractivity (Wildman–Crippen MR) is 74.7 cm³/mol. The van der Waals surface area contributed by atoms with Crippen molar-refractivity contribution in [3.8, 4) is 0 Å². The molecule has 0 radical (unpaired) electrons. The fraction of sp³-hybridized carbons (Fsp3) is 0.538. The molecule has 0 fully saturated rings. The number of rotatable bonds is 6. The molecule has 4 nitrogen and oxygen atoms in total. The normalized spacial score (nSPS) is 11.3. The Kier molecular flexibility index (Phi) is 4.49. The van der Waals surface area contributed by atoms with Crippen LogP contribution in [0.25, 0.3) is 0 Å². The summed E-state index contributed by atoms with van der Waals surface area (Å²) in [6, 6.07) is 0. The highest BCUT2D eigenvalue weighted by Crippen LogP contribution is 2.11. The van der Waals surface area contributed by atoms with Crippen molar-refractivity contribution >= 4 is 11.3 Å². The quantitative estimate of drug-likeness (QED) is 0.871. The Morgan fingerprint density at radius 3 is 2.94 bits per heavy atom. The highest BCUT2D eigenvalue weighted by molar-refractivity contribution is 7.09. The molecule has 0 atom stereocenters. The maximum Gasteiger partial charge on any atom is 0.107 e. The third kappa shape index (κ3) is 3.92. The van der Waals surface area contributed by atoms with Crippen LogP contribution in [0, 0.1) is 12.8 Å². The summed E-state index contributed by atoms with van der Waals surface area (Å²) in [4.78, 5) is 4.61. The molecule has 1 N–H and O–H groups in total. The van der Waals surface area contributed by atoms with Gasteiger partial charge >= 0.3 is 0 Å². The average molecular weight is 264 g/mol. The van der Waals surface area contributed by atoms with Gasteiger partial charge in [0.15, 0.2) is 0 Å². The lowest BCUT2D eigenvalue weighted by Gasteiger charge is -2.04. The van der Waals surface area contributed by atoms with Crippen LogP contribution in [0.1, 0.15) is 30.1 Å². The number of nitrogens with one attached hydrogen (secondary N) is 1. The van der Waals surface area contributed by atoms with Gasteiger partial charge in [-0.2, -0.15) is 5.10 Å². The summed E-state index contributed by atoms with van der Waals surface area (Å²) in [7, 11) is 0. The van der Waals surface area contributed by atoms with E-state index in [1.807, 2.05) is 24.0 Å². The first-order chi connectivity index (χ1) is 8.63. The molecule has 2 aromatic rings. The van der Waals surface area contributed by atoms with Crippen LogP contribution in [0.3, 0.4) is 0 Å². The van der Waals surface area contributed by atoms with Crippen LogP contribution in [0.15, 0.2) is 17.8 Å². The minimum Gasteiger partial charge on any atom is -0.310 e. The zero-order valence-electron chi connectivity index (χ0n) is 11.2. The molecule has 0 amide bonds. The molecule has 0 aliphatic heterocycles. The number of nitrogens with zero attached hydrogens (tertiary/aromatic N) is 3. The lowest BCUT2D eigenvalue weighted by Crippen LogP contribution is -2.18. The summed E-state index contributed by atoms with van der Waals surface area (Å²) in [6.45, 7) is 9.12. The molecule has 0 aromatic carbocycles. The van der Waals surface area contributed by atoms with Crippen LogP contribution >= 0.6 is 11.3 Å². The van der Waals surface area contributed by atoms with Crippen LogP contribution in [-0.4, -0.2) is 21.3 Å². The van der Waals surface area contributed by atoms with Gasteiger partial charge < -0.3 is 5.32 Å². The number of hydrogen-bond donors (Lipinski definition) is 1. The van der Waals surface area contributed by atoms with Gasteiger partial charge in [-0.15, -0.1) is 11.3 Å². The molecule has 0 aliphatic rings. The lowest BCUT2D eigenvalue weighted by molar-refractivity contribution is 0.550. The van der Waals surface area contributed by atoms with Crippen LogP contribution in [0.5, 0.6) is 0 Å². The highest BCUT2D eigenvalue weighted by Gasteiger charge is 2.04. The second-order valence-corrected chi connectivity index (χ2v) is 5.92. The SMILES string of the molecule is Cc1cnn(Cc2csc(CNCC(C)C)n2)c1. The van der Waals surface area contributed by atoms with Gasteiger partial charge in [-0.25, -0.2) is 4.98 Å². The average Bonchev–Trinajstić information content (AvgIpc) is 2.89. The van der Waals surface area contributed by atoms with Crippen LogP contribution < -0.4 is 5.32 Å². The number of aromatic nitrogens is 3. The van der Waals surface area contributed by atoms with Gasteiger partial charge in [-0.1, -0.05) is 13.8 Å². The van der Waals surface area contributed by atoms with E-state index in [1.54, 1.807) is 11.3 Å². The van der Waals surface area contributed by atoms with Gasteiger partial charge in [-0.05, 0) is 24.9 Å². The van der Waals surface area contributed by atoms with Crippen molar-refractivity contribution in [3.05, 3.63) is 34.0 Å². The van der Waals surface area contributed by atoms with Gasteiger partial charge in [0.25, 0.3) is 0 Å². The van der Waals surface area contributed by atoms with Crippen molar-refractivity contribution in [1.82, 2.24) is 20.1 Å². The Labute approximate surface area is 112 Å². The molecule has 0 saturated heterocycles. The molecule has 98 valence electrons. The van der Waals surface area contributed by atoms with Crippen molar-refractivity contribution in [2.75, 3.05) is 6.54 Å². The van der Waals surface area contributed by atoms with E-state index in [2.05, 4.69) is 34.6 Å². The van der Waals surface area contributed by atoms with Gasteiger partial charge in [0, 0.05) is 18.1 Å². The largest absolute Gasteiger partial charge is 0.310 e. The molecular weight excluding hydrogens is 244 g/mol. The third-order valence-corrected chi connectivity index (χ3v) is 3.41. The smallest absolute Gasteiger partial charge is 0.107 e. The first kappa shape index (κ1) is 13.2. The van der Waals surface area contributed by atoms with E-state index in [4.69, 9.17) is 0 Å². The van der Waals surface area contributed by atoms with Gasteiger partial charge in [0.05, 0.1) is 18.4 Å². The molecule has 2 aromatic heterocycles. The molecule has 0 bridgehead atoms.